The Morgan fingerprint density at radius 1 is 1.36 bits per heavy atom. The van der Waals surface area contributed by atoms with Crippen LogP contribution in [0.2, 0.25) is 0 Å². The molecule has 0 aromatic heterocycles. The molecule has 2 aliphatic rings. The molecule has 1 aliphatic heterocycles. The van der Waals surface area contributed by atoms with Gasteiger partial charge in [0.1, 0.15) is 12.1 Å². The Labute approximate surface area is 152 Å². The third-order valence-corrected chi connectivity index (χ3v) is 4.47. The van der Waals surface area contributed by atoms with Crippen LogP contribution in [0.15, 0.2) is 24.3 Å². The predicted molar refractivity (Wildman–Crippen MR) is 95.2 cm³/mol. The van der Waals surface area contributed by atoms with Crippen LogP contribution in [0.3, 0.4) is 0 Å². The second kappa shape index (κ2) is 6.65. The zero-order chi connectivity index (χ0) is 17.5. The molecule has 1 spiro atoms. The van der Waals surface area contributed by atoms with Crippen molar-refractivity contribution in [3.63, 3.8) is 0 Å². The Bertz CT molecular complexity index is 716. The van der Waals surface area contributed by atoms with E-state index in [2.05, 4.69) is 10.6 Å². The standard InChI is InChI=1S/C17H22N4O3.ClH/c1-16(2,18)10-19-13(22)9-21-14(23)17(20-15(21)24)8-7-11-5-3-4-6-12(11)17;/h3-6H,7-10,18H2,1-2H3,(H,19,22)(H,20,24);1H. The van der Waals surface area contributed by atoms with E-state index in [4.69, 9.17) is 5.73 Å². The molecule has 136 valence electrons. The van der Waals surface area contributed by atoms with Crippen LogP contribution in [0.4, 0.5) is 4.79 Å². The van der Waals surface area contributed by atoms with Crippen molar-refractivity contribution in [1.29, 1.82) is 0 Å². The lowest BCUT2D eigenvalue weighted by Crippen LogP contribution is -2.49. The maximum Gasteiger partial charge on any atom is 0.325 e. The minimum atomic E-state index is -1.03. The van der Waals surface area contributed by atoms with E-state index in [1.165, 1.54) is 0 Å². The largest absolute Gasteiger partial charge is 0.353 e. The van der Waals surface area contributed by atoms with Gasteiger partial charge in [0.05, 0.1) is 0 Å². The number of nitrogens with zero attached hydrogens (tertiary/aromatic N) is 1. The Balaban J connectivity index is 0.00000225. The molecule has 1 unspecified atom stereocenters. The van der Waals surface area contributed by atoms with Crippen LogP contribution in [0, 0.1) is 0 Å². The number of carbonyl (C=O) groups excluding carboxylic acids is 3. The van der Waals surface area contributed by atoms with E-state index in [0.717, 1.165) is 22.4 Å². The molecule has 1 aromatic rings. The molecule has 1 atom stereocenters. The lowest BCUT2D eigenvalue weighted by Gasteiger charge is -2.22. The number of nitrogens with one attached hydrogen (secondary N) is 2. The number of rotatable bonds is 4. The normalized spacial score (nSPS) is 21.8. The summed E-state index contributed by atoms with van der Waals surface area (Å²) in [5.41, 5.74) is 6.12. The van der Waals surface area contributed by atoms with Crippen LogP contribution in [0.25, 0.3) is 0 Å². The number of carbonyl (C=O) groups is 3. The van der Waals surface area contributed by atoms with Gasteiger partial charge in [-0.15, -0.1) is 12.4 Å². The van der Waals surface area contributed by atoms with Gasteiger partial charge in [-0.2, -0.15) is 0 Å². The van der Waals surface area contributed by atoms with Gasteiger partial charge >= 0.3 is 6.03 Å². The fraction of sp³-hybridized carbons (Fsp3) is 0.471. The van der Waals surface area contributed by atoms with Crippen LogP contribution in [-0.4, -0.2) is 41.4 Å². The number of hydrogen-bond acceptors (Lipinski definition) is 4. The van der Waals surface area contributed by atoms with Crippen LogP contribution < -0.4 is 16.4 Å². The summed E-state index contributed by atoms with van der Waals surface area (Å²) >= 11 is 0. The number of urea groups is 1. The molecule has 0 radical (unpaired) electrons. The second-order valence-electron chi connectivity index (χ2n) is 7.15. The lowest BCUT2D eigenvalue weighted by atomic mass is 9.92. The Morgan fingerprint density at radius 3 is 2.72 bits per heavy atom. The first kappa shape index (κ1) is 19.2. The summed E-state index contributed by atoms with van der Waals surface area (Å²) in [6, 6.07) is 7.06. The van der Waals surface area contributed by atoms with Crippen LogP contribution in [0.1, 0.15) is 31.4 Å². The highest BCUT2D eigenvalue weighted by Gasteiger charge is 2.55. The molecule has 8 heteroatoms. The molecule has 4 N–H and O–H groups in total. The molecule has 3 rings (SSSR count). The number of halogens is 1. The van der Waals surface area contributed by atoms with Crippen molar-refractivity contribution in [1.82, 2.24) is 15.5 Å². The zero-order valence-electron chi connectivity index (χ0n) is 14.3. The van der Waals surface area contributed by atoms with Crippen molar-refractivity contribution in [2.24, 2.45) is 5.73 Å². The highest BCUT2D eigenvalue weighted by molar-refractivity contribution is 6.09. The van der Waals surface area contributed by atoms with E-state index in [0.29, 0.717) is 6.42 Å². The molecule has 1 aliphatic carbocycles. The van der Waals surface area contributed by atoms with Gasteiger partial charge in [-0.25, -0.2) is 4.79 Å². The number of aryl methyl sites for hydroxylation is 1. The fourth-order valence-corrected chi connectivity index (χ4v) is 3.26. The topological polar surface area (TPSA) is 105 Å². The number of hydrogen-bond donors (Lipinski definition) is 3. The third kappa shape index (κ3) is 3.48. The van der Waals surface area contributed by atoms with Gasteiger partial charge in [-0.1, -0.05) is 24.3 Å². The number of benzene rings is 1. The molecule has 1 heterocycles. The van der Waals surface area contributed by atoms with Gasteiger partial charge in [0.25, 0.3) is 5.91 Å². The van der Waals surface area contributed by atoms with Crippen LogP contribution in [0.5, 0.6) is 0 Å². The van der Waals surface area contributed by atoms with Gasteiger partial charge in [0, 0.05) is 12.1 Å². The summed E-state index contributed by atoms with van der Waals surface area (Å²) in [6.45, 7) is 3.53. The van der Waals surface area contributed by atoms with E-state index >= 15 is 0 Å². The summed E-state index contributed by atoms with van der Waals surface area (Å²) in [7, 11) is 0. The number of amides is 4. The molecule has 1 aromatic carbocycles. The fourth-order valence-electron chi connectivity index (χ4n) is 3.26. The minimum absolute atomic E-state index is 0. The molecule has 0 bridgehead atoms. The molecule has 0 saturated carbocycles. The van der Waals surface area contributed by atoms with E-state index in [1.54, 1.807) is 13.8 Å². The summed E-state index contributed by atoms with van der Waals surface area (Å²) in [5, 5.41) is 5.45. The van der Waals surface area contributed by atoms with E-state index < -0.39 is 23.0 Å². The van der Waals surface area contributed by atoms with Gasteiger partial charge in [-0.05, 0) is 37.8 Å². The molecule has 25 heavy (non-hydrogen) atoms. The first-order chi connectivity index (χ1) is 11.2. The predicted octanol–water partition coefficient (Wildman–Crippen LogP) is 0.655. The van der Waals surface area contributed by atoms with Gasteiger partial charge in [0.15, 0.2) is 0 Å². The Kier molecular flexibility index (Phi) is 5.11. The van der Waals surface area contributed by atoms with E-state index in [-0.39, 0.29) is 31.4 Å². The summed E-state index contributed by atoms with van der Waals surface area (Å²) in [6.07, 6.45) is 1.24. The Hall–Kier alpha value is -2.12. The van der Waals surface area contributed by atoms with Crippen LogP contribution >= 0.6 is 12.4 Å². The van der Waals surface area contributed by atoms with Crippen molar-refractivity contribution >= 4 is 30.3 Å². The lowest BCUT2D eigenvalue weighted by molar-refractivity contribution is -0.135. The summed E-state index contributed by atoms with van der Waals surface area (Å²) < 4.78 is 0. The first-order valence-electron chi connectivity index (χ1n) is 8.01. The second-order valence-corrected chi connectivity index (χ2v) is 7.15. The maximum atomic E-state index is 12.9. The highest BCUT2D eigenvalue weighted by Crippen LogP contribution is 2.41. The third-order valence-electron chi connectivity index (χ3n) is 4.47. The quantitative estimate of drug-likeness (QED) is 0.680. The maximum absolute atomic E-state index is 12.9. The van der Waals surface area contributed by atoms with Crippen molar-refractivity contribution in [3.8, 4) is 0 Å². The van der Waals surface area contributed by atoms with Gasteiger partial charge < -0.3 is 16.4 Å². The zero-order valence-corrected chi connectivity index (χ0v) is 15.1. The van der Waals surface area contributed by atoms with Crippen molar-refractivity contribution in [2.75, 3.05) is 13.1 Å². The van der Waals surface area contributed by atoms with Crippen molar-refractivity contribution < 1.29 is 14.4 Å². The van der Waals surface area contributed by atoms with E-state index in [1.807, 2.05) is 24.3 Å². The van der Waals surface area contributed by atoms with Crippen LogP contribution in [-0.2, 0) is 21.5 Å². The van der Waals surface area contributed by atoms with E-state index in [9.17, 15) is 14.4 Å². The average Bonchev–Trinajstić information content (AvgIpc) is 2.99. The molecule has 4 amide bonds. The molecule has 7 nitrogen and oxygen atoms in total. The van der Waals surface area contributed by atoms with Crippen molar-refractivity contribution in [3.05, 3.63) is 35.4 Å². The summed E-state index contributed by atoms with van der Waals surface area (Å²) in [4.78, 5) is 38.2. The SMILES string of the molecule is CC(C)(N)CNC(=O)CN1C(=O)NC2(CCc3ccccc32)C1=O.Cl. The smallest absolute Gasteiger partial charge is 0.325 e. The molecule has 1 fully saturated rings. The minimum Gasteiger partial charge on any atom is -0.353 e. The Morgan fingerprint density at radius 2 is 2.04 bits per heavy atom. The van der Waals surface area contributed by atoms with Gasteiger partial charge in [-0.3, -0.25) is 14.5 Å². The highest BCUT2D eigenvalue weighted by atomic mass is 35.5. The molecular formula is C17H23ClN4O3. The summed E-state index contributed by atoms with van der Waals surface area (Å²) in [5.74, 6) is -0.764. The number of fused-ring (bicyclic) bond motifs is 2. The molecular weight excluding hydrogens is 344 g/mol. The monoisotopic (exact) mass is 366 g/mol. The first-order valence-corrected chi connectivity index (χ1v) is 8.01. The van der Waals surface area contributed by atoms with Crippen molar-refractivity contribution in [2.45, 2.75) is 37.8 Å². The number of imide groups is 1. The molecule has 1 saturated heterocycles. The van der Waals surface area contributed by atoms with Gasteiger partial charge in [0.2, 0.25) is 5.91 Å². The average molecular weight is 367 g/mol. The number of nitrogens with two attached hydrogens (primary N) is 1.